The second-order valence-corrected chi connectivity index (χ2v) is 4.19. The molecule has 0 aliphatic carbocycles. The van der Waals surface area contributed by atoms with E-state index in [9.17, 15) is 9.59 Å². The monoisotopic (exact) mass is 262 g/mol. The summed E-state index contributed by atoms with van der Waals surface area (Å²) in [4.78, 5) is 21.9. The van der Waals surface area contributed by atoms with E-state index in [4.69, 9.17) is 9.47 Å². The van der Waals surface area contributed by atoms with Crippen LogP contribution in [0.2, 0.25) is 0 Å². The van der Waals surface area contributed by atoms with Gasteiger partial charge in [0.05, 0.1) is 0 Å². The van der Waals surface area contributed by atoms with E-state index in [0.717, 1.165) is 16.7 Å². The third-order valence-corrected chi connectivity index (χ3v) is 2.61. The molecule has 19 heavy (non-hydrogen) atoms. The summed E-state index contributed by atoms with van der Waals surface area (Å²) in [6.45, 7) is 8.34. The SMILES string of the molecule is C=Cc1ccc(C(C)OC(C)=O)c(COC(C)=O)c1. The lowest BCUT2D eigenvalue weighted by molar-refractivity contribution is -0.146. The van der Waals surface area contributed by atoms with E-state index in [1.54, 1.807) is 13.0 Å². The molecule has 0 aromatic heterocycles. The van der Waals surface area contributed by atoms with Crippen molar-refractivity contribution < 1.29 is 19.1 Å². The van der Waals surface area contributed by atoms with Crippen molar-refractivity contribution in [3.05, 3.63) is 41.5 Å². The summed E-state index contributed by atoms with van der Waals surface area (Å²) in [5.74, 6) is -0.700. The molecule has 0 heterocycles. The van der Waals surface area contributed by atoms with Gasteiger partial charge in [-0.15, -0.1) is 0 Å². The Bertz CT molecular complexity index is 491. The number of esters is 2. The quantitative estimate of drug-likeness (QED) is 0.765. The second-order valence-electron chi connectivity index (χ2n) is 4.19. The zero-order valence-corrected chi connectivity index (χ0v) is 11.4. The maximum absolute atomic E-state index is 11.0. The Morgan fingerprint density at radius 2 is 2.00 bits per heavy atom. The molecule has 4 nitrogen and oxygen atoms in total. The van der Waals surface area contributed by atoms with Crippen molar-refractivity contribution in [2.45, 2.75) is 33.5 Å². The second kappa shape index (κ2) is 6.73. The van der Waals surface area contributed by atoms with Crippen molar-refractivity contribution in [2.75, 3.05) is 0 Å². The highest BCUT2D eigenvalue weighted by Gasteiger charge is 2.14. The predicted molar refractivity (Wildman–Crippen MR) is 72.2 cm³/mol. The lowest BCUT2D eigenvalue weighted by Crippen LogP contribution is -2.09. The number of ether oxygens (including phenoxy) is 2. The van der Waals surface area contributed by atoms with Crippen LogP contribution < -0.4 is 0 Å². The normalized spacial score (nSPS) is 11.5. The number of carbonyl (C=O) groups excluding carboxylic acids is 2. The first-order chi connectivity index (χ1) is 8.93. The smallest absolute Gasteiger partial charge is 0.303 e. The first-order valence-corrected chi connectivity index (χ1v) is 6.00. The third kappa shape index (κ3) is 4.58. The molecule has 0 amide bonds. The minimum Gasteiger partial charge on any atom is -0.461 e. The minimum absolute atomic E-state index is 0.151. The molecule has 102 valence electrons. The molecule has 1 rings (SSSR count). The van der Waals surface area contributed by atoms with E-state index in [1.165, 1.54) is 13.8 Å². The van der Waals surface area contributed by atoms with Crippen LogP contribution in [0, 0.1) is 0 Å². The summed E-state index contributed by atoms with van der Waals surface area (Å²) in [7, 11) is 0. The van der Waals surface area contributed by atoms with E-state index < -0.39 is 0 Å². The van der Waals surface area contributed by atoms with Gasteiger partial charge < -0.3 is 9.47 Å². The van der Waals surface area contributed by atoms with Crippen molar-refractivity contribution in [3.8, 4) is 0 Å². The topological polar surface area (TPSA) is 52.6 Å². The Morgan fingerprint density at radius 1 is 1.32 bits per heavy atom. The van der Waals surface area contributed by atoms with Gasteiger partial charge in [-0.3, -0.25) is 9.59 Å². The average molecular weight is 262 g/mol. The van der Waals surface area contributed by atoms with E-state index in [0.29, 0.717) is 0 Å². The molecule has 0 aliphatic heterocycles. The van der Waals surface area contributed by atoms with Crippen LogP contribution in [0.1, 0.15) is 43.6 Å². The molecule has 0 saturated heterocycles. The van der Waals surface area contributed by atoms with Crippen molar-refractivity contribution in [1.29, 1.82) is 0 Å². The Morgan fingerprint density at radius 3 is 2.53 bits per heavy atom. The Hall–Kier alpha value is -2.10. The highest BCUT2D eigenvalue weighted by atomic mass is 16.5. The molecule has 0 aliphatic rings. The zero-order valence-electron chi connectivity index (χ0n) is 11.4. The molecular formula is C15H18O4. The Balaban J connectivity index is 3.03. The molecule has 0 saturated carbocycles. The molecule has 0 bridgehead atoms. The van der Waals surface area contributed by atoms with Crippen LogP contribution in [0.25, 0.3) is 6.08 Å². The Kier molecular flexibility index (Phi) is 5.30. The number of rotatable bonds is 5. The van der Waals surface area contributed by atoms with Crippen molar-refractivity contribution >= 4 is 18.0 Å². The van der Waals surface area contributed by atoms with Gasteiger partial charge in [0, 0.05) is 13.8 Å². The van der Waals surface area contributed by atoms with Gasteiger partial charge in [-0.1, -0.05) is 24.8 Å². The highest BCUT2D eigenvalue weighted by Crippen LogP contribution is 2.24. The third-order valence-electron chi connectivity index (χ3n) is 2.61. The van der Waals surface area contributed by atoms with Crippen LogP contribution >= 0.6 is 0 Å². The molecule has 0 fully saturated rings. The van der Waals surface area contributed by atoms with Gasteiger partial charge in [-0.05, 0) is 29.7 Å². The fraction of sp³-hybridized carbons (Fsp3) is 0.333. The average Bonchev–Trinajstić information content (AvgIpc) is 2.35. The van der Waals surface area contributed by atoms with Crippen LogP contribution in [0.5, 0.6) is 0 Å². The number of hydrogen-bond donors (Lipinski definition) is 0. The first kappa shape index (κ1) is 15.0. The summed E-state index contributed by atoms with van der Waals surface area (Å²) in [5, 5.41) is 0. The van der Waals surface area contributed by atoms with Crippen LogP contribution in [0.15, 0.2) is 24.8 Å². The maximum atomic E-state index is 11.0. The molecule has 0 N–H and O–H groups in total. The maximum Gasteiger partial charge on any atom is 0.303 e. The van der Waals surface area contributed by atoms with Crippen LogP contribution in [0.3, 0.4) is 0 Å². The number of hydrogen-bond acceptors (Lipinski definition) is 4. The summed E-state index contributed by atoms with van der Waals surface area (Å²) in [6, 6.07) is 5.59. The zero-order chi connectivity index (χ0) is 14.4. The fourth-order valence-electron chi connectivity index (χ4n) is 1.77. The van der Waals surface area contributed by atoms with E-state index in [-0.39, 0.29) is 24.6 Å². The lowest BCUT2D eigenvalue weighted by atomic mass is 10.0. The molecule has 1 atom stereocenters. The number of benzene rings is 1. The molecule has 0 spiro atoms. The van der Waals surface area contributed by atoms with Gasteiger partial charge in [0.15, 0.2) is 0 Å². The molecule has 4 heteroatoms. The van der Waals surface area contributed by atoms with E-state index >= 15 is 0 Å². The molecule has 1 aromatic carbocycles. The van der Waals surface area contributed by atoms with Crippen molar-refractivity contribution in [3.63, 3.8) is 0 Å². The van der Waals surface area contributed by atoms with Gasteiger partial charge in [0.1, 0.15) is 12.7 Å². The molecule has 1 unspecified atom stereocenters. The summed E-state index contributed by atoms with van der Waals surface area (Å²) in [6.07, 6.45) is 1.32. The summed E-state index contributed by atoms with van der Waals surface area (Å²) < 4.78 is 10.2. The molecule has 0 radical (unpaired) electrons. The highest BCUT2D eigenvalue weighted by molar-refractivity contribution is 5.67. The summed E-state index contributed by atoms with van der Waals surface area (Å²) >= 11 is 0. The molecule has 1 aromatic rings. The number of carbonyl (C=O) groups is 2. The van der Waals surface area contributed by atoms with Gasteiger partial charge in [-0.25, -0.2) is 0 Å². The van der Waals surface area contributed by atoms with Crippen molar-refractivity contribution in [1.82, 2.24) is 0 Å². The van der Waals surface area contributed by atoms with Crippen molar-refractivity contribution in [2.24, 2.45) is 0 Å². The predicted octanol–water partition coefficient (Wildman–Crippen LogP) is 3.02. The van der Waals surface area contributed by atoms with E-state index in [1.807, 2.05) is 18.2 Å². The summed E-state index contributed by atoms with van der Waals surface area (Å²) in [5.41, 5.74) is 2.55. The first-order valence-electron chi connectivity index (χ1n) is 6.00. The van der Waals surface area contributed by atoms with Crippen LogP contribution in [-0.4, -0.2) is 11.9 Å². The molecular weight excluding hydrogens is 244 g/mol. The Labute approximate surface area is 113 Å². The minimum atomic E-state index is -0.387. The fourth-order valence-corrected chi connectivity index (χ4v) is 1.77. The van der Waals surface area contributed by atoms with Gasteiger partial charge in [0.25, 0.3) is 0 Å². The van der Waals surface area contributed by atoms with Crippen LogP contribution in [-0.2, 0) is 25.7 Å². The van der Waals surface area contributed by atoms with Crippen LogP contribution in [0.4, 0.5) is 0 Å². The van der Waals surface area contributed by atoms with Gasteiger partial charge in [0.2, 0.25) is 0 Å². The van der Waals surface area contributed by atoms with Gasteiger partial charge in [-0.2, -0.15) is 0 Å². The standard InChI is InChI=1S/C15H18O4/c1-5-13-6-7-15(10(2)19-12(4)17)14(8-13)9-18-11(3)16/h5-8,10H,1,9H2,2-4H3. The van der Waals surface area contributed by atoms with E-state index in [2.05, 4.69) is 6.58 Å². The largest absolute Gasteiger partial charge is 0.461 e. The van der Waals surface area contributed by atoms with Gasteiger partial charge >= 0.3 is 11.9 Å². The lowest BCUT2D eigenvalue weighted by Gasteiger charge is -2.17.